The fraction of sp³-hybridized carbons (Fsp3) is 0.517. The molecule has 0 spiro atoms. The van der Waals surface area contributed by atoms with Gasteiger partial charge in [0.2, 0.25) is 11.9 Å². The molecule has 0 bridgehead atoms. The van der Waals surface area contributed by atoms with Gasteiger partial charge in [0.25, 0.3) is 0 Å². The third kappa shape index (κ3) is 7.54. The van der Waals surface area contributed by atoms with Crippen LogP contribution >= 0.6 is 11.6 Å². The van der Waals surface area contributed by atoms with Crippen molar-refractivity contribution in [2.24, 2.45) is 0 Å². The molecule has 11 nitrogen and oxygen atoms in total. The van der Waals surface area contributed by atoms with Gasteiger partial charge in [0.15, 0.2) is 5.69 Å². The van der Waals surface area contributed by atoms with Crippen LogP contribution in [0.25, 0.3) is 11.1 Å². The van der Waals surface area contributed by atoms with Crippen LogP contribution in [0.2, 0.25) is 5.02 Å². The summed E-state index contributed by atoms with van der Waals surface area (Å²) in [5, 5.41) is 18.0. The van der Waals surface area contributed by atoms with Gasteiger partial charge in [0, 0.05) is 56.1 Å². The molecule has 1 saturated heterocycles. The number of likely N-dealkylation sites (tertiary alicyclic amines) is 1. The fourth-order valence-corrected chi connectivity index (χ4v) is 6.16. The van der Waals surface area contributed by atoms with E-state index >= 15 is 0 Å². The molecular formula is C29H32ClF5N10O. The lowest BCUT2D eigenvalue weighted by molar-refractivity contribution is -0.141. The van der Waals surface area contributed by atoms with E-state index in [-0.39, 0.29) is 42.7 Å². The van der Waals surface area contributed by atoms with Gasteiger partial charge in [-0.3, -0.25) is 4.68 Å². The monoisotopic (exact) mass is 666 g/mol. The van der Waals surface area contributed by atoms with Crippen molar-refractivity contribution in [3.63, 3.8) is 0 Å². The van der Waals surface area contributed by atoms with Crippen LogP contribution in [0, 0.1) is 0 Å². The van der Waals surface area contributed by atoms with Gasteiger partial charge in [-0.25, -0.2) is 23.4 Å². The lowest BCUT2D eigenvalue weighted by atomic mass is 9.89. The molecule has 4 aromatic rings. The molecule has 0 radical (unpaired) electrons. The molecule has 1 N–H and O–H groups in total. The molecule has 2 aliphatic rings. The van der Waals surface area contributed by atoms with Crippen LogP contribution in [0.3, 0.4) is 0 Å². The second-order valence-corrected chi connectivity index (χ2v) is 12.2. The summed E-state index contributed by atoms with van der Waals surface area (Å²) in [5.41, 5.74) is -0.0265. The number of ether oxygens (including phenoxy) is 1. The van der Waals surface area contributed by atoms with Crippen molar-refractivity contribution in [3.8, 4) is 16.9 Å². The number of nitrogens with one attached hydrogen (secondary N) is 1. The van der Waals surface area contributed by atoms with Crippen LogP contribution < -0.4 is 10.1 Å². The van der Waals surface area contributed by atoms with Crippen LogP contribution in [0.15, 0.2) is 43.1 Å². The van der Waals surface area contributed by atoms with E-state index < -0.39 is 17.8 Å². The van der Waals surface area contributed by atoms with E-state index in [1.54, 1.807) is 18.2 Å². The van der Waals surface area contributed by atoms with Crippen LogP contribution in [0.5, 0.6) is 5.75 Å². The number of aromatic nitrogens is 8. The number of hydrogen-bond donors (Lipinski definition) is 1. The van der Waals surface area contributed by atoms with Gasteiger partial charge in [-0.15, -0.1) is 5.10 Å². The number of halogens is 6. The first-order valence-corrected chi connectivity index (χ1v) is 15.4. The number of alkyl halides is 5. The number of piperidine rings is 1. The molecule has 1 atom stereocenters. The second kappa shape index (κ2) is 13.1. The average Bonchev–Trinajstić information content (AvgIpc) is 3.69. The molecule has 2 fully saturated rings. The Morgan fingerprint density at radius 1 is 1.04 bits per heavy atom. The molecule has 1 aromatic carbocycles. The van der Waals surface area contributed by atoms with Crippen molar-refractivity contribution in [2.45, 2.75) is 82.3 Å². The van der Waals surface area contributed by atoms with Gasteiger partial charge in [0.1, 0.15) is 18.2 Å². The van der Waals surface area contributed by atoms with Gasteiger partial charge in [-0.2, -0.15) is 18.3 Å². The van der Waals surface area contributed by atoms with E-state index in [2.05, 4.69) is 40.8 Å². The van der Waals surface area contributed by atoms with E-state index in [1.165, 1.54) is 34.3 Å². The van der Waals surface area contributed by atoms with Crippen LogP contribution in [-0.2, 0) is 12.7 Å². The van der Waals surface area contributed by atoms with Crippen molar-refractivity contribution in [3.05, 3.63) is 53.8 Å². The third-order valence-corrected chi connectivity index (χ3v) is 8.72. The molecule has 17 heteroatoms. The lowest BCUT2D eigenvalue weighted by Crippen LogP contribution is -2.45. The Hall–Kier alpha value is -3.92. The predicted octanol–water partition coefficient (Wildman–Crippen LogP) is 6.42. The quantitative estimate of drug-likeness (QED) is 0.202. The minimum Gasteiger partial charge on any atom is -0.487 e. The van der Waals surface area contributed by atoms with Gasteiger partial charge >= 0.3 is 6.18 Å². The molecular weight excluding hydrogens is 635 g/mol. The number of tetrazole rings is 1. The number of hydrogen-bond acceptors (Lipinski definition) is 9. The maximum Gasteiger partial charge on any atom is 0.437 e. The molecule has 46 heavy (non-hydrogen) atoms. The summed E-state index contributed by atoms with van der Waals surface area (Å²) in [5.74, 6) is -2.20. The van der Waals surface area contributed by atoms with Crippen molar-refractivity contribution in [1.29, 1.82) is 0 Å². The van der Waals surface area contributed by atoms with Crippen LogP contribution in [0.1, 0.15) is 57.2 Å². The first-order chi connectivity index (χ1) is 21.9. The predicted molar refractivity (Wildman–Crippen MR) is 158 cm³/mol. The Morgan fingerprint density at radius 3 is 2.41 bits per heavy atom. The highest BCUT2D eigenvalue weighted by atomic mass is 35.5. The van der Waals surface area contributed by atoms with E-state index in [9.17, 15) is 22.0 Å². The van der Waals surface area contributed by atoms with Crippen molar-refractivity contribution in [1.82, 2.24) is 44.9 Å². The summed E-state index contributed by atoms with van der Waals surface area (Å²) in [7, 11) is 0. The summed E-state index contributed by atoms with van der Waals surface area (Å²) in [4.78, 5) is 10.7. The summed E-state index contributed by atoms with van der Waals surface area (Å²) in [6.45, 7) is 3.48. The summed E-state index contributed by atoms with van der Waals surface area (Å²) < 4.78 is 78.0. The zero-order valence-electron chi connectivity index (χ0n) is 24.8. The molecule has 0 amide bonds. The van der Waals surface area contributed by atoms with Crippen molar-refractivity contribution in [2.75, 3.05) is 18.4 Å². The first kappa shape index (κ1) is 32.0. The Labute approximate surface area is 266 Å². The molecule has 1 saturated carbocycles. The van der Waals surface area contributed by atoms with E-state index in [0.29, 0.717) is 67.2 Å². The summed E-state index contributed by atoms with van der Waals surface area (Å²) in [6.07, 6.45) is 2.53. The lowest BCUT2D eigenvalue weighted by Gasteiger charge is -2.40. The van der Waals surface area contributed by atoms with Crippen LogP contribution in [0.4, 0.5) is 33.6 Å². The molecule has 246 valence electrons. The number of benzene rings is 1. The highest BCUT2D eigenvalue weighted by molar-refractivity contribution is 6.32. The number of rotatable bonds is 9. The Kier molecular flexibility index (Phi) is 9.10. The molecule has 4 heterocycles. The van der Waals surface area contributed by atoms with Crippen LogP contribution in [-0.4, -0.2) is 76.0 Å². The molecule has 0 unspecified atom stereocenters. The van der Waals surface area contributed by atoms with Gasteiger partial charge < -0.3 is 15.0 Å². The van der Waals surface area contributed by atoms with E-state index in [4.69, 9.17) is 16.3 Å². The van der Waals surface area contributed by atoms with E-state index in [0.717, 1.165) is 0 Å². The Morgan fingerprint density at radius 2 is 1.76 bits per heavy atom. The zero-order valence-corrected chi connectivity index (χ0v) is 25.6. The second-order valence-electron chi connectivity index (χ2n) is 11.7. The van der Waals surface area contributed by atoms with Gasteiger partial charge in [-0.1, -0.05) is 17.7 Å². The average molecular weight is 667 g/mol. The number of nitrogens with zero attached hydrogens (tertiary/aromatic N) is 9. The van der Waals surface area contributed by atoms with Crippen molar-refractivity contribution < 1.29 is 26.7 Å². The molecule has 3 aromatic heterocycles. The fourth-order valence-electron chi connectivity index (χ4n) is 6.00. The molecule has 6 rings (SSSR count). The standard InChI is InChI=1S/C29H32ClF5N10O/c1-18(15-44-17-38-41-42-44)46-25-12-19(2-3-23(25)30)20-13-36-27(37-14-20)39-24-16-45(40-26(24)29(33,34)35)22-6-10-43(11-7-22)21-4-8-28(31,32)9-5-21/h2-3,12-14,16-18,21-22H,4-11,15H2,1H3,(H,36,37,39)/t18-/m0/s1. The molecule has 1 aliphatic heterocycles. The Balaban J connectivity index is 1.11. The maximum absolute atomic E-state index is 14.0. The normalized spacial score (nSPS) is 18.8. The summed E-state index contributed by atoms with van der Waals surface area (Å²) in [6, 6.07) is 4.99. The first-order valence-electron chi connectivity index (χ1n) is 15.0. The van der Waals surface area contributed by atoms with Gasteiger partial charge in [0.05, 0.1) is 23.3 Å². The minimum atomic E-state index is -4.71. The highest BCUT2D eigenvalue weighted by Gasteiger charge is 2.40. The SMILES string of the molecule is C[C@@H](Cn1cnnn1)Oc1cc(-c2cnc(Nc3cn(C4CCN(C5CCC(F)(F)CC5)CC4)nc3C(F)(F)F)nc2)ccc1Cl. The maximum atomic E-state index is 14.0. The topological polar surface area (TPSA) is 112 Å². The highest BCUT2D eigenvalue weighted by Crippen LogP contribution is 2.39. The van der Waals surface area contributed by atoms with E-state index in [1.807, 2.05) is 6.92 Å². The zero-order chi connectivity index (χ0) is 32.5. The van der Waals surface area contributed by atoms with Crippen molar-refractivity contribution >= 4 is 23.2 Å². The largest absolute Gasteiger partial charge is 0.487 e. The summed E-state index contributed by atoms with van der Waals surface area (Å²) >= 11 is 6.35. The Bertz CT molecular complexity index is 1600. The minimum absolute atomic E-state index is 0.0294. The van der Waals surface area contributed by atoms with Gasteiger partial charge in [-0.05, 0) is 60.7 Å². The smallest absolute Gasteiger partial charge is 0.437 e. The number of anilines is 2. The third-order valence-electron chi connectivity index (χ3n) is 8.40. The molecule has 1 aliphatic carbocycles.